The number of rotatable bonds is 3. The molecular formula is C16H22ClN3O3S. The molecule has 3 fully saturated rings. The third kappa shape index (κ3) is 3.31. The lowest BCUT2D eigenvalue weighted by molar-refractivity contribution is 0.0588. The highest BCUT2D eigenvalue weighted by molar-refractivity contribution is 7.86. The lowest BCUT2D eigenvalue weighted by Crippen LogP contribution is -2.48. The average molecular weight is 372 g/mol. The third-order valence-corrected chi connectivity index (χ3v) is 6.95. The van der Waals surface area contributed by atoms with Crippen molar-refractivity contribution < 1.29 is 13.2 Å². The van der Waals surface area contributed by atoms with E-state index >= 15 is 0 Å². The number of hydrogen-bond donors (Lipinski definition) is 0. The predicted molar refractivity (Wildman–Crippen MR) is 93.2 cm³/mol. The number of amides is 1. The first-order valence-corrected chi connectivity index (χ1v) is 9.80. The Balaban J connectivity index is 1.83. The van der Waals surface area contributed by atoms with Crippen molar-refractivity contribution in [1.29, 1.82) is 0 Å². The van der Waals surface area contributed by atoms with Crippen LogP contribution in [0.5, 0.6) is 0 Å². The average Bonchev–Trinajstić information content (AvgIpc) is 2.87. The molecule has 0 aliphatic carbocycles. The lowest BCUT2D eigenvalue weighted by Gasteiger charge is -2.36. The summed E-state index contributed by atoms with van der Waals surface area (Å²) in [6.45, 7) is 1.43. The van der Waals surface area contributed by atoms with Crippen LogP contribution < -0.4 is 0 Å². The summed E-state index contributed by atoms with van der Waals surface area (Å²) in [6, 6.07) is 6.76. The van der Waals surface area contributed by atoms with Crippen LogP contribution in [0.15, 0.2) is 24.3 Å². The van der Waals surface area contributed by atoms with Crippen LogP contribution in [0.3, 0.4) is 0 Å². The van der Waals surface area contributed by atoms with Gasteiger partial charge in [0.25, 0.3) is 16.1 Å². The minimum absolute atomic E-state index is 0.0505. The van der Waals surface area contributed by atoms with Crippen LogP contribution in [0, 0.1) is 5.92 Å². The van der Waals surface area contributed by atoms with Gasteiger partial charge < -0.3 is 4.90 Å². The van der Waals surface area contributed by atoms with Crippen molar-refractivity contribution >= 4 is 27.7 Å². The quantitative estimate of drug-likeness (QED) is 0.812. The number of piperidine rings is 1. The highest BCUT2D eigenvalue weighted by Crippen LogP contribution is 2.31. The van der Waals surface area contributed by atoms with E-state index in [9.17, 15) is 13.2 Å². The normalized spacial score (nSPS) is 25.1. The Kier molecular flexibility index (Phi) is 4.88. The Morgan fingerprint density at radius 3 is 2.42 bits per heavy atom. The molecule has 6 nitrogen and oxygen atoms in total. The molecule has 24 heavy (non-hydrogen) atoms. The summed E-state index contributed by atoms with van der Waals surface area (Å²) in [5.74, 6) is 0.125. The van der Waals surface area contributed by atoms with Gasteiger partial charge in [-0.05, 0) is 43.0 Å². The Labute approximate surface area is 148 Å². The van der Waals surface area contributed by atoms with Gasteiger partial charge in [0.1, 0.15) is 0 Å². The summed E-state index contributed by atoms with van der Waals surface area (Å²) in [5.41, 5.74) is 0.592. The summed E-state index contributed by atoms with van der Waals surface area (Å²) >= 11 is 5.89. The standard InChI is InChI=1S/C16H22ClN3O3S/c1-18(2)24(22,23)19-9-12-3-8-15(11-19)20(10-12)16(21)13-4-6-14(17)7-5-13/h4-7,12,15H,3,8-11H2,1-2H3/t12-,15+/m0/s1. The van der Waals surface area contributed by atoms with Crippen LogP contribution >= 0.6 is 11.6 Å². The van der Waals surface area contributed by atoms with Crippen LogP contribution in [0.4, 0.5) is 0 Å². The molecule has 3 heterocycles. The zero-order valence-corrected chi connectivity index (χ0v) is 15.4. The second-order valence-corrected chi connectivity index (χ2v) is 9.25. The van der Waals surface area contributed by atoms with Crippen molar-refractivity contribution in [2.75, 3.05) is 33.7 Å². The van der Waals surface area contributed by atoms with Crippen molar-refractivity contribution in [3.05, 3.63) is 34.9 Å². The van der Waals surface area contributed by atoms with Crippen molar-refractivity contribution in [2.45, 2.75) is 18.9 Å². The molecule has 8 heteroatoms. The number of carbonyl (C=O) groups excluding carboxylic acids is 1. The van der Waals surface area contributed by atoms with Crippen molar-refractivity contribution in [1.82, 2.24) is 13.5 Å². The van der Waals surface area contributed by atoms with Gasteiger partial charge in [0, 0.05) is 50.4 Å². The number of nitrogens with zero attached hydrogens (tertiary/aromatic N) is 3. The van der Waals surface area contributed by atoms with Gasteiger partial charge in [-0.2, -0.15) is 17.0 Å². The van der Waals surface area contributed by atoms with Gasteiger partial charge in [0.05, 0.1) is 0 Å². The Morgan fingerprint density at radius 1 is 1.12 bits per heavy atom. The van der Waals surface area contributed by atoms with Gasteiger partial charge in [-0.1, -0.05) is 11.6 Å². The largest absolute Gasteiger partial charge is 0.334 e. The highest BCUT2D eigenvalue weighted by atomic mass is 35.5. The maximum Gasteiger partial charge on any atom is 0.281 e. The van der Waals surface area contributed by atoms with E-state index in [0.29, 0.717) is 30.2 Å². The van der Waals surface area contributed by atoms with Gasteiger partial charge in [-0.25, -0.2) is 0 Å². The molecule has 0 aromatic heterocycles. The molecule has 0 radical (unpaired) electrons. The van der Waals surface area contributed by atoms with Crippen molar-refractivity contribution in [3.8, 4) is 0 Å². The number of fused-ring (bicyclic) bond motifs is 4. The van der Waals surface area contributed by atoms with Gasteiger partial charge in [-0.3, -0.25) is 4.79 Å². The third-order valence-electron chi connectivity index (χ3n) is 4.82. The minimum Gasteiger partial charge on any atom is -0.334 e. The molecule has 1 amide bonds. The first kappa shape index (κ1) is 17.7. The summed E-state index contributed by atoms with van der Waals surface area (Å²) in [6.07, 6.45) is 1.79. The SMILES string of the molecule is CN(C)S(=O)(=O)N1C[C@@H]2CC[C@H](C1)N(C(=O)c1ccc(Cl)cc1)C2. The zero-order chi connectivity index (χ0) is 17.5. The minimum atomic E-state index is -3.46. The van der Waals surface area contributed by atoms with Gasteiger partial charge >= 0.3 is 0 Å². The van der Waals surface area contributed by atoms with Crippen molar-refractivity contribution in [2.24, 2.45) is 5.92 Å². The molecule has 3 aliphatic rings. The topological polar surface area (TPSA) is 60.9 Å². The van der Waals surface area contributed by atoms with E-state index in [1.54, 1.807) is 38.4 Å². The van der Waals surface area contributed by atoms with Gasteiger partial charge in [0.2, 0.25) is 0 Å². The Morgan fingerprint density at radius 2 is 1.79 bits per heavy atom. The highest BCUT2D eigenvalue weighted by Gasteiger charge is 2.41. The fraction of sp³-hybridized carbons (Fsp3) is 0.562. The van der Waals surface area contributed by atoms with Crippen LogP contribution in [-0.4, -0.2) is 67.6 Å². The summed E-state index contributed by atoms with van der Waals surface area (Å²) in [7, 11) is -0.376. The second kappa shape index (κ2) is 6.63. The Bertz CT molecular complexity index is 721. The molecule has 132 valence electrons. The van der Waals surface area contributed by atoms with E-state index in [1.165, 1.54) is 8.61 Å². The molecule has 2 bridgehead atoms. The molecule has 2 atom stereocenters. The predicted octanol–water partition coefficient (Wildman–Crippen LogP) is 1.68. The molecular weight excluding hydrogens is 350 g/mol. The van der Waals surface area contributed by atoms with E-state index < -0.39 is 10.2 Å². The molecule has 4 rings (SSSR count). The molecule has 1 aromatic carbocycles. The first-order chi connectivity index (χ1) is 11.3. The molecule has 1 aromatic rings. The van der Waals surface area contributed by atoms with Crippen LogP contribution in [0.2, 0.25) is 5.02 Å². The van der Waals surface area contributed by atoms with E-state index in [4.69, 9.17) is 11.6 Å². The summed E-state index contributed by atoms with van der Waals surface area (Å²) in [4.78, 5) is 14.7. The second-order valence-electron chi connectivity index (χ2n) is 6.67. The maximum atomic E-state index is 12.8. The maximum absolute atomic E-state index is 12.8. The molecule has 0 spiro atoms. The summed E-state index contributed by atoms with van der Waals surface area (Å²) < 4.78 is 27.7. The Hall–Kier alpha value is -1.15. The number of carbonyl (C=O) groups is 1. The van der Waals surface area contributed by atoms with E-state index in [2.05, 4.69) is 0 Å². The first-order valence-electron chi connectivity index (χ1n) is 8.03. The van der Waals surface area contributed by atoms with Crippen LogP contribution in [0.25, 0.3) is 0 Å². The smallest absolute Gasteiger partial charge is 0.281 e. The van der Waals surface area contributed by atoms with Crippen LogP contribution in [0.1, 0.15) is 23.2 Å². The van der Waals surface area contributed by atoms with Crippen LogP contribution in [-0.2, 0) is 10.2 Å². The molecule has 0 N–H and O–H groups in total. The number of halogens is 1. The van der Waals surface area contributed by atoms with E-state index in [-0.39, 0.29) is 17.9 Å². The fourth-order valence-corrected chi connectivity index (χ4v) is 4.81. The van der Waals surface area contributed by atoms with Gasteiger partial charge in [-0.15, -0.1) is 0 Å². The lowest BCUT2D eigenvalue weighted by atomic mass is 9.94. The number of benzene rings is 1. The summed E-state index contributed by atoms with van der Waals surface area (Å²) in [5, 5.41) is 0.590. The van der Waals surface area contributed by atoms with Gasteiger partial charge in [0.15, 0.2) is 0 Å². The van der Waals surface area contributed by atoms with Crippen molar-refractivity contribution in [3.63, 3.8) is 0 Å². The number of hydrogen-bond acceptors (Lipinski definition) is 3. The fourth-order valence-electron chi connectivity index (χ4n) is 3.47. The van der Waals surface area contributed by atoms with E-state index in [1.807, 2.05) is 4.90 Å². The van der Waals surface area contributed by atoms with E-state index in [0.717, 1.165) is 12.8 Å². The molecule has 3 saturated heterocycles. The monoisotopic (exact) mass is 371 g/mol. The molecule has 3 aliphatic heterocycles. The molecule has 0 saturated carbocycles. The zero-order valence-electron chi connectivity index (χ0n) is 13.9. The molecule has 0 unspecified atom stereocenters.